The summed E-state index contributed by atoms with van der Waals surface area (Å²) in [5.74, 6) is -2.41. The van der Waals surface area contributed by atoms with Crippen LogP contribution >= 0.6 is 58.0 Å². The highest BCUT2D eigenvalue weighted by molar-refractivity contribution is 6.36. The fourth-order valence-corrected chi connectivity index (χ4v) is 4.13. The maximum atomic E-state index is 13.0. The molecule has 1 heterocycles. The maximum Gasteiger partial charge on any atom is 0.417 e. The van der Waals surface area contributed by atoms with Crippen LogP contribution in [0.15, 0.2) is 42.6 Å². The van der Waals surface area contributed by atoms with Crippen LogP contribution in [0.5, 0.6) is 17.4 Å². The highest BCUT2D eigenvalue weighted by Crippen LogP contribution is 2.41. The third-order valence-corrected chi connectivity index (χ3v) is 6.14. The van der Waals surface area contributed by atoms with Gasteiger partial charge in [0.2, 0.25) is 5.88 Å². The zero-order valence-electron chi connectivity index (χ0n) is 17.8. The Balaban J connectivity index is 1.85. The quantitative estimate of drug-likeness (QED) is 0.272. The monoisotopic (exact) mass is 596 g/mol. The first-order valence-corrected chi connectivity index (χ1v) is 11.7. The molecule has 36 heavy (non-hydrogen) atoms. The number of nitrogens with zero attached hydrogens (tertiary/aromatic N) is 2. The summed E-state index contributed by atoms with van der Waals surface area (Å²) in [6.07, 6.45) is -5.28. The average Bonchev–Trinajstić information content (AvgIpc) is 2.79. The molecule has 0 saturated carbocycles. The summed E-state index contributed by atoms with van der Waals surface area (Å²) in [4.78, 5) is 16.6. The molecule has 3 rings (SSSR count). The second-order valence-corrected chi connectivity index (χ2v) is 9.28. The molecule has 5 nitrogen and oxygen atoms in total. The van der Waals surface area contributed by atoms with Crippen molar-refractivity contribution in [1.82, 2.24) is 4.98 Å². The SMILES string of the molecule is CC(Oc1cc(Oc2ncc(C(F)(F)F)cc2Cl)c(Cl)cc1Cl)C(=O)C(C#N)c1ccc(Cl)cc1Cl. The van der Waals surface area contributed by atoms with E-state index in [1.807, 2.05) is 6.07 Å². The molecule has 0 N–H and O–H groups in total. The van der Waals surface area contributed by atoms with Gasteiger partial charge in [0.1, 0.15) is 16.7 Å². The number of hydrogen-bond donors (Lipinski definition) is 0. The molecule has 1 aromatic heterocycles. The third-order valence-electron chi connectivity index (χ3n) is 4.72. The van der Waals surface area contributed by atoms with Gasteiger partial charge in [0.15, 0.2) is 17.6 Å². The maximum absolute atomic E-state index is 13.0. The number of ketones is 1. The van der Waals surface area contributed by atoms with Crippen LogP contribution in [-0.2, 0) is 11.0 Å². The topological polar surface area (TPSA) is 72.2 Å². The highest BCUT2D eigenvalue weighted by Gasteiger charge is 2.32. The molecule has 0 aliphatic heterocycles. The fraction of sp³-hybridized carbons (Fsp3) is 0.174. The van der Waals surface area contributed by atoms with Gasteiger partial charge in [0.05, 0.1) is 21.7 Å². The number of carbonyl (C=O) groups is 1. The van der Waals surface area contributed by atoms with Gasteiger partial charge < -0.3 is 9.47 Å². The molecular weight excluding hydrogens is 587 g/mol. The molecule has 0 bridgehead atoms. The molecule has 0 fully saturated rings. The summed E-state index contributed by atoms with van der Waals surface area (Å²) in [5, 5.41) is 9.59. The van der Waals surface area contributed by atoms with Crippen molar-refractivity contribution in [2.24, 2.45) is 0 Å². The summed E-state index contributed by atoms with van der Waals surface area (Å²) in [5.41, 5.74) is -0.815. The lowest BCUT2D eigenvalue weighted by molar-refractivity contribution is -0.137. The molecule has 0 aliphatic rings. The van der Waals surface area contributed by atoms with E-state index in [9.17, 15) is 23.2 Å². The second kappa shape index (κ2) is 11.3. The Hall–Kier alpha value is -2.41. The van der Waals surface area contributed by atoms with Gasteiger partial charge in [-0.1, -0.05) is 64.1 Å². The van der Waals surface area contributed by atoms with Crippen LogP contribution in [0, 0.1) is 11.3 Å². The number of benzene rings is 2. The number of pyridine rings is 1. The number of nitriles is 1. The average molecular weight is 599 g/mol. The van der Waals surface area contributed by atoms with E-state index in [1.54, 1.807) is 0 Å². The summed E-state index contributed by atoms with van der Waals surface area (Å²) in [7, 11) is 0. The van der Waals surface area contributed by atoms with Gasteiger partial charge in [-0.2, -0.15) is 18.4 Å². The van der Waals surface area contributed by atoms with Crippen molar-refractivity contribution in [3.05, 3.63) is 78.8 Å². The molecule has 2 atom stereocenters. The largest absolute Gasteiger partial charge is 0.481 e. The number of Topliss-reactive ketones (excluding diaryl/α,β-unsaturated/α-hetero) is 1. The summed E-state index contributed by atoms with van der Waals surface area (Å²) < 4.78 is 49.7. The lowest BCUT2D eigenvalue weighted by Crippen LogP contribution is -2.29. The van der Waals surface area contributed by atoms with E-state index in [-0.39, 0.29) is 38.0 Å². The van der Waals surface area contributed by atoms with Crippen molar-refractivity contribution in [2.45, 2.75) is 25.1 Å². The smallest absolute Gasteiger partial charge is 0.417 e. The highest BCUT2D eigenvalue weighted by atomic mass is 35.5. The minimum atomic E-state index is -4.64. The van der Waals surface area contributed by atoms with Crippen LogP contribution < -0.4 is 9.47 Å². The molecule has 0 saturated heterocycles. The van der Waals surface area contributed by atoms with E-state index in [0.717, 1.165) is 0 Å². The van der Waals surface area contributed by atoms with Gasteiger partial charge in [-0.15, -0.1) is 0 Å². The predicted octanol–water partition coefficient (Wildman–Crippen LogP) is 8.80. The van der Waals surface area contributed by atoms with Crippen molar-refractivity contribution in [3.8, 4) is 23.4 Å². The lowest BCUT2D eigenvalue weighted by Gasteiger charge is -2.19. The van der Waals surface area contributed by atoms with E-state index in [2.05, 4.69) is 4.98 Å². The molecule has 188 valence electrons. The molecule has 0 aliphatic carbocycles. The van der Waals surface area contributed by atoms with Crippen LogP contribution in [0.25, 0.3) is 0 Å². The third kappa shape index (κ3) is 6.47. The number of hydrogen-bond acceptors (Lipinski definition) is 5. The van der Waals surface area contributed by atoms with Crippen LogP contribution in [-0.4, -0.2) is 16.9 Å². The molecule has 0 amide bonds. The Morgan fingerprint density at radius 3 is 2.22 bits per heavy atom. The first kappa shape index (κ1) is 28.2. The number of halogens is 8. The Bertz CT molecular complexity index is 1360. The molecule has 2 aromatic carbocycles. The Labute approximate surface area is 228 Å². The number of rotatable bonds is 7. The number of alkyl halides is 3. The van der Waals surface area contributed by atoms with Crippen molar-refractivity contribution in [1.29, 1.82) is 5.26 Å². The van der Waals surface area contributed by atoms with Gasteiger partial charge >= 0.3 is 6.18 Å². The van der Waals surface area contributed by atoms with Crippen molar-refractivity contribution in [2.75, 3.05) is 0 Å². The Kier molecular flexibility index (Phi) is 8.86. The van der Waals surface area contributed by atoms with Crippen molar-refractivity contribution < 1.29 is 27.4 Å². The normalized spacial score (nSPS) is 13.0. The summed E-state index contributed by atoms with van der Waals surface area (Å²) >= 11 is 30.2. The molecule has 0 radical (unpaired) electrons. The van der Waals surface area contributed by atoms with Crippen molar-refractivity contribution >= 4 is 63.8 Å². The standard InChI is InChI=1S/C23H12Cl5F3N2O3/c1-10(21(34)14(8-32)13-3-2-12(24)5-15(13)25)35-19-7-20(17(27)6-16(19)26)36-22-18(28)4-11(9-33-22)23(29,30)31/h2-7,9-10,14H,1H3. The van der Waals surface area contributed by atoms with E-state index < -0.39 is 34.6 Å². The van der Waals surface area contributed by atoms with E-state index in [1.165, 1.54) is 37.3 Å². The predicted molar refractivity (Wildman–Crippen MR) is 131 cm³/mol. The van der Waals surface area contributed by atoms with Gasteiger partial charge in [-0.25, -0.2) is 4.98 Å². The first-order chi connectivity index (χ1) is 16.8. The number of carbonyl (C=O) groups excluding carboxylic acids is 1. The number of aromatic nitrogens is 1. The molecule has 3 aromatic rings. The molecule has 13 heteroatoms. The molecule has 2 unspecified atom stereocenters. The Morgan fingerprint density at radius 1 is 0.972 bits per heavy atom. The zero-order valence-corrected chi connectivity index (χ0v) is 21.6. The second-order valence-electron chi connectivity index (χ2n) is 7.21. The van der Waals surface area contributed by atoms with Crippen LogP contribution in [0.3, 0.4) is 0 Å². The van der Waals surface area contributed by atoms with Gasteiger partial charge in [0, 0.05) is 22.3 Å². The van der Waals surface area contributed by atoms with E-state index in [4.69, 9.17) is 67.5 Å². The first-order valence-electron chi connectivity index (χ1n) is 9.76. The summed E-state index contributed by atoms with van der Waals surface area (Å²) in [6.45, 7) is 1.40. The van der Waals surface area contributed by atoms with E-state index >= 15 is 0 Å². The number of ether oxygens (including phenoxy) is 2. The van der Waals surface area contributed by atoms with Crippen LogP contribution in [0.2, 0.25) is 25.1 Å². The van der Waals surface area contributed by atoms with Crippen LogP contribution in [0.4, 0.5) is 13.2 Å². The molecule has 0 spiro atoms. The van der Waals surface area contributed by atoms with E-state index in [0.29, 0.717) is 17.3 Å². The van der Waals surface area contributed by atoms with Gasteiger partial charge in [-0.05, 0) is 36.8 Å². The lowest BCUT2D eigenvalue weighted by atomic mass is 9.93. The minimum Gasteiger partial charge on any atom is -0.481 e. The molecular formula is C23H12Cl5F3N2O3. The van der Waals surface area contributed by atoms with Crippen molar-refractivity contribution in [3.63, 3.8) is 0 Å². The van der Waals surface area contributed by atoms with Gasteiger partial charge in [-0.3, -0.25) is 4.79 Å². The fourth-order valence-electron chi connectivity index (χ4n) is 2.94. The van der Waals surface area contributed by atoms with Gasteiger partial charge in [0.25, 0.3) is 0 Å². The minimum absolute atomic E-state index is 0.00323. The zero-order chi connectivity index (χ0) is 26.8. The summed E-state index contributed by atoms with van der Waals surface area (Å²) in [6, 6.07) is 9.35. The Morgan fingerprint density at radius 2 is 1.64 bits per heavy atom. The van der Waals surface area contributed by atoms with Crippen LogP contribution in [0.1, 0.15) is 24.0 Å².